The molecule has 1 aromatic carbocycles. The quantitative estimate of drug-likeness (QED) is 0.764. The Labute approximate surface area is 114 Å². The summed E-state index contributed by atoms with van der Waals surface area (Å²) in [5, 5.41) is 3.40. The summed E-state index contributed by atoms with van der Waals surface area (Å²) in [5.41, 5.74) is 1.36. The lowest BCUT2D eigenvalue weighted by atomic mass is 9.93. The molecule has 1 N–H and O–H groups in total. The minimum Gasteiger partial charge on any atom is -0.313 e. The van der Waals surface area contributed by atoms with Gasteiger partial charge in [0.2, 0.25) is 0 Å². The van der Waals surface area contributed by atoms with Gasteiger partial charge in [-0.15, -0.1) is 0 Å². The summed E-state index contributed by atoms with van der Waals surface area (Å²) < 4.78 is 2.48. The number of nitrogens with one attached hydrogen (secondary N) is 1. The van der Waals surface area contributed by atoms with E-state index in [0.29, 0.717) is 12.0 Å². The third kappa shape index (κ3) is 3.43. The summed E-state index contributed by atoms with van der Waals surface area (Å²) in [5.74, 6) is 0.643. The highest BCUT2D eigenvalue weighted by Gasteiger charge is 2.18. The highest BCUT2D eigenvalue weighted by molar-refractivity contribution is 14.1. The van der Waals surface area contributed by atoms with Crippen molar-refractivity contribution in [1.29, 1.82) is 0 Å². The van der Waals surface area contributed by atoms with Crippen LogP contribution in [0.1, 0.15) is 31.9 Å². The van der Waals surface area contributed by atoms with Crippen LogP contribution in [0.2, 0.25) is 0 Å². The first-order chi connectivity index (χ1) is 7.10. The fourth-order valence-corrected chi connectivity index (χ4v) is 2.74. The molecule has 0 saturated carbocycles. The van der Waals surface area contributed by atoms with Crippen molar-refractivity contribution in [2.45, 2.75) is 26.3 Å². The lowest BCUT2D eigenvalue weighted by Crippen LogP contribution is -2.23. The molecular formula is C12H17BrIN. The Morgan fingerprint density at radius 2 is 2.13 bits per heavy atom. The van der Waals surface area contributed by atoms with E-state index in [0.717, 1.165) is 0 Å². The standard InChI is InChI=1S/C12H17BrIN/c1-4-8(2)12(15-3)10-7-9(14)5-6-11(10)13/h5-8,12,15H,4H2,1-3H3. The molecule has 2 atom stereocenters. The van der Waals surface area contributed by atoms with Crippen LogP contribution in [0.25, 0.3) is 0 Å². The molecule has 0 bridgehead atoms. The van der Waals surface area contributed by atoms with Crippen LogP contribution in [0, 0.1) is 9.49 Å². The molecule has 0 saturated heterocycles. The fraction of sp³-hybridized carbons (Fsp3) is 0.500. The molecule has 0 spiro atoms. The molecule has 2 unspecified atom stereocenters. The molecule has 1 rings (SSSR count). The maximum atomic E-state index is 3.63. The summed E-state index contributed by atoms with van der Waals surface area (Å²) in [6.45, 7) is 4.52. The van der Waals surface area contributed by atoms with Crippen LogP contribution in [0.5, 0.6) is 0 Å². The molecule has 1 aromatic rings. The molecule has 0 radical (unpaired) electrons. The molecule has 15 heavy (non-hydrogen) atoms. The Hall–Kier alpha value is 0.390. The molecular weight excluding hydrogens is 365 g/mol. The first kappa shape index (κ1) is 13.5. The number of hydrogen-bond acceptors (Lipinski definition) is 1. The average Bonchev–Trinajstić information content (AvgIpc) is 2.23. The van der Waals surface area contributed by atoms with Crippen LogP contribution in [-0.2, 0) is 0 Å². The number of rotatable bonds is 4. The van der Waals surface area contributed by atoms with E-state index in [1.54, 1.807) is 0 Å². The molecule has 3 heteroatoms. The van der Waals surface area contributed by atoms with Crippen molar-refractivity contribution >= 4 is 38.5 Å². The molecule has 0 aromatic heterocycles. The van der Waals surface area contributed by atoms with Gasteiger partial charge in [-0.25, -0.2) is 0 Å². The van der Waals surface area contributed by atoms with Gasteiger partial charge in [-0.05, 0) is 59.3 Å². The predicted molar refractivity (Wildman–Crippen MR) is 78.1 cm³/mol. The zero-order valence-corrected chi connectivity index (χ0v) is 13.1. The van der Waals surface area contributed by atoms with E-state index in [2.05, 4.69) is 75.9 Å². The van der Waals surface area contributed by atoms with Gasteiger partial charge in [0.05, 0.1) is 0 Å². The zero-order chi connectivity index (χ0) is 11.4. The van der Waals surface area contributed by atoms with E-state index in [1.807, 2.05) is 7.05 Å². The van der Waals surface area contributed by atoms with Gasteiger partial charge in [0, 0.05) is 14.1 Å². The zero-order valence-electron chi connectivity index (χ0n) is 9.35. The van der Waals surface area contributed by atoms with Crippen LogP contribution in [0.15, 0.2) is 22.7 Å². The summed E-state index contributed by atoms with van der Waals surface area (Å²) >= 11 is 5.98. The number of hydrogen-bond donors (Lipinski definition) is 1. The van der Waals surface area contributed by atoms with Crippen molar-refractivity contribution in [1.82, 2.24) is 5.32 Å². The summed E-state index contributed by atoms with van der Waals surface area (Å²) in [6.07, 6.45) is 1.18. The smallest absolute Gasteiger partial charge is 0.0355 e. The second-order valence-electron chi connectivity index (χ2n) is 3.82. The average molecular weight is 382 g/mol. The molecule has 0 fully saturated rings. The van der Waals surface area contributed by atoms with E-state index in [1.165, 1.54) is 20.0 Å². The molecule has 0 aliphatic heterocycles. The minimum absolute atomic E-state index is 0.430. The van der Waals surface area contributed by atoms with Crippen LogP contribution in [0.4, 0.5) is 0 Å². The van der Waals surface area contributed by atoms with E-state index < -0.39 is 0 Å². The molecule has 1 nitrogen and oxygen atoms in total. The summed E-state index contributed by atoms with van der Waals surface area (Å²) in [7, 11) is 2.03. The second kappa shape index (κ2) is 6.21. The molecule has 0 heterocycles. The first-order valence-corrected chi connectivity index (χ1v) is 7.09. The number of halogens is 2. The lowest BCUT2D eigenvalue weighted by molar-refractivity contribution is 0.399. The van der Waals surface area contributed by atoms with Crippen LogP contribution < -0.4 is 5.32 Å². The van der Waals surface area contributed by atoms with Crippen molar-refractivity contribution in [3.05, 3.63) is 31.8 Å². The Bertz CT molecular complexity index is 327. The Balaban J connectivity index is 3.05. The Kier molecular flexibility index (Phi) is 5.57. The second-order valence-corrected chi connectivity index (χ2v) is 5.92. The summed E-state index contributed by atoms with van der Waals surface area (Å²) in [4.78, 5) is 0. The maximum absolute atomic E-state index is 3.63. The summed E-state index contributed by atoms with van der Waals surface area (Å²) in [6, 6.07) is 6.93. The van der Waals surface area contributed by atoms with Gasteiger partial charge in [0.1, 0.15) is 0 Å². The normalized spacial score (nSPS) is 15.0. The Morgan fingerprint density at radius 3 is 2.67 bits per heavy atom. The lowest BCUT2D eigenvalue weighted by Gasteiger charge is -2.24. The van der Waals surface area contributed by atoms with Gasteiger partial charge < -0.3 is 5.32 Å². The molecule has 0 aliphatic carbocycles. The topological polar surface area (TPSA) is 12.0 Å². The fourth-order valence-electron chi connectivity index (χ4n) is 1.74. The van der Waals surface area contributed by atoms with E-state index >= 15 is 0 Å². The third-order valence-corrected chi connectivity index (χ3v) is 4.21. The first-order valence-electron chi connectivity index (χ1n) is 5.22. The molecule has 0 aliphatic rings. The van der Waals surface area contributed by atoms with Crippen molar-refractivity contribution in [2.75, 3.05) is 7.05 Å². The van der Waals surface area contributed by atoms with E-state index in [9.17, 15) is 0 Å². The van der Waals surface area contributed by atoms with Gasteiger partial charge in [0.15, 0.2) is 0 Å². The van der Waals surface area contributed by atoms with Crippen LogP contribution in [0.3, 0.4) is 0 Å². The highest BCUT2D eigenvalue weighted by Crippen LogP contribution is 2.31. The third-order valence-electron chi connectivity index (χ3n) is 2.82. The largest absolute Gasteiger partial charge is 0.313 e. The maximum Gasteiger partial charge on any atom is 0.0355 e. The van der Waals surface area contributed by atoms with Gasteiger partial charge in [-0.2, -0.15) is 0 Å². The van der Waals surface area contributed by atoms with Gasteiger partial charge in [-0.3, -0.25) is 0 Å². The molecule has 84 valence electrons. The highest BCUT2D eigenvalue weighted by atomic mass is 127. The van der Waals surface area contributed by atoms with Crippen molar-refractivity contribution in [3.8, 4) is 0 Å². The van der Waals surface area contributed by atoms with Crippen LogP contribution >= 0.6 is 38.5 Å². The van der Waals surface area contributed by atoms with E-state index in [4.69, 9.17) is 0 Å². The monoisotopic (exact) mass is 381 g/mol. The van der Waals surface area contributed by atoms with Crippen molar-refractivity contribution in [2.24, 2.45) is 5.92 Å². The van der Waals surface area contributed by atoms with Gasteiger partial charge >= 0.3 is 0 Å². The number of benzene rings is 1. The van der Waals surface area contributed by atoms with Crippen molar-refractivity contribution < 1.29 is 0 Å². The van der Waals surface area contributed by atoms with Gasteiger partial charge in [0.25, 0.3) is 0 Å². The van der Waals surface area contributed by atoms with E-state index in [-0.39, 0.29) is 0 Å². The van der Waals surface area contributed by atoms with Crippen molar-refractivity contribution in [3.63, 3.8) is 0 Å². The minimum atomic E-state index is 0.430. The SMILES string of the molecule is CCC(C)C(NC)c1cc(I)ccc1Br. The molecule has 0 amide bonds. The predicted octanol–water partition coefficient (Wildman–Crippen LogP) is 4.36. The van der Waals surface area contributed by atoms with Crippen LogP contribution in [-0.4, -0.2) is 7.05 Å². The van der Waals surface area contributed by atoms with Gasteiger partial charge in [-0.1, -0.05) is 36.2 Å². The Morgan fingerprint density at radius 1 is 1.47 bits per heavy atom.